The van der Waals surface area contributed by atoms with Gasteiger partial charge in [0.15, 0.2) is 5.69 Å². The van der Waals surface area contributed by atoms with Crippen molar-refractivity contribution in [2.75, 3.05) is 13.1 Å². The predicted molar refractivity (Wildman–Crippen MR) is 98.1 cm³/mol. The minimum atomic E-state index is -0.502. The quantitative estimate of drug-likeness (QED) is 0.855. The summed E-state index contributed by atoms with van der Waals surface area (Å²) in [6.07, 6.45) is 1.16. The molecule has 0 aromatic heterocycles. The number of benzene rings is 2. The third-order valence-electron chi connectivity index (χ3n) is 4.99. The molecular formula is C21H22N2O2. The van der Waals surface area contributed by atoms with E-state index in [-0.39, 0.29) is 11.8 Å². The molecule has 4 heteroatoms. The predicted octanol–water partition coefficient (Wildman–Crippen LogP) is 4.20. The second-order valence-corrected chi connectivity index (χ2v) is 6.57. The molecule has 0 bridgehead atoms. The van der Waals surface area contributed by atoms with Crippen molar-refractivity contribution in [3.63, 3.8) is 0 Å². The Morgan fingerprint density at radius 3 is 2.44 bits per heavy atom. The lowest BCUT2D eigenvalue weighted by Gasteiger charge is -2.33. The lowest BCUT2D eigenvalue weighted by Crippen LogP contribution is -2.38. The summed E-state index contributed by atoms with van der Waals surface area (Å²) in [7, 11) is 0. The van der Waals surface area contributed by atoms with E-state index in [0.29, 0.717) is 5.69 Å². The van der Waals surface area contributed by atoms with E-state index in [2.05, 4.69) is 4.85 Å². The topological polar surface area (TPSA) is 44.9 Å². The van der Waals surface area contributed by atoms with Crippen molar-refractivity contribution < 1.29 is 9.90 Å². The first-order valence-electron chi connectivity index (χ1n) is 8.60. The van der Waals surface area contributed by atoms with Gasteiger partial charge in [-0.1, -0.05) is 42.5 Å². The monoisotopic (exact) mass is 334 g/mol. The summed E-state index contributed by atoms with van der Waals surface area (Å²) in [6.45, 7) is 10.2. The van der Waals surface area contributed by atoms with Gasteiger partial charge in [0.1, 0.15) is 0 Å². The van der Waals surface area contributed by atoms with Crippen LogP contribution in [-0.4, -0.2) is 29.0 Å². The van der Waals surface area contributed by atoms with E-state index in [1.807, 2.05) is 47.4 Å². The Balaban J connectivity index is 1.70. The van der Waals surface area contributed by atoms with Crippen LogP contribution in [0.15, 0.2) is 48.5 Å². The average Bonchev–Trinajstić information content (AvgIpc) is 2.67. The van der Waals surface area contributed by atoms with E-state index >= 15 is 0 Å². The van der Waals surface area contributed by atoms with Crippen molar-refractivity contribution in [3.8, 4) is 11.1 Å². The van der Waals surface area contributed by atoms with Crippen LogP contribution < -0.4 is 0 Å². The van der Waals surface area contributed by atoms with Gasteiger partial charge >= 0.3 is 0 Å². The van der Waals surface area contributed by atoms with Crippen LogP contribution in [0.1, 0.15) is 31.4 Å². The fraction of sp³-hybridized carbons (Fsp3) is 0.333. The zero-order valence-corrected chi connectivity index (χ0v) is 14.4. The maximum absolute atomic E-state index is 11.4. The van der Waals surface area contributed by atoms with Gasteiger partial charge in [0.2, 0.25) is 5.91 Å². The second-order valence-electron chi connectivity index (χ2n) is 6.57. The average molecular weight is 334 g/mol. The van der Waals surface area contributed by atoms with Crippen LogP contribution in [0.3, 0.4) is 0 Å². The van der Waals surface area contributed by atoms with Gasteiger partial charge in [-0.05, 0) is 41.5 Å². The van der Waals surface area contributed by atoms with Crippen LogP contribution in [0.25, 0.3) is 16.0 Å². The molecule has 0 aliphatic carbocycles. The molecule has 25 heavy (non-hydrogen) atoms. The van der Waals surface area contributed by atoms with Gasteiger partial charge < -0.3 is 10.0 Å². The molecule has 1 amide bonds. The van der Waals surface area contributed by atoms with Crippen molar-refractivity contribution in [1.82, 2.24) is 4.90 Å². The number of hydrogen-bond donors (Lipinski definition) is 1. The van der Waals surface area contributed by atoms with Crippen molar-refractivity contribution in [1.29, 1.82) is 0 Å². The Hall–Kier alpha value is -2.64. The number of rotatable bonds is 3. The number of carbonyl (C=O) groups excluding carboxylic acids is 1. The summed E-state index contributed by atoms with van der Waals surface area (Å²) >= 11 is 0. The Morgan fingerprint density at radius 2 is 1.84 bits per heavy atom. The van der Waals surface area contributed by atoms with E-state index in [0.717, 1.165) is 42.6 Å². The van der Waals surface area contributed by atoms with Gasteiger partial charge in [-0.3, -0.25) is 4.79 Å². The van der Waals surface area contributed by atoms with Gasteiger partial charge in [0.25, 0.3) is 0 Å². The van der Waals surface area contributed by atoms with Crippen molar-refractivity contribution in [3.05, 3.63) is 65.5 Å². The smallest absolute Gasteiger partial charge is 0.219 e. The summed E-state index contributed by atoms with van der Waals surface area (Å²) in [5.41, 5.74) is 3.57. The van der Waals surface area contributed by atoms with Crippen LogP contribution in [0.4, 0.5) is 5.69 Å². The van der Waals surface area contributed by atoms with Gasteiger partial charge in [0, 0.05) is 20.0 Å². The summed E-state index contributed by atoms with van der Waals surface area (Å²) < 4.78 is 0. The fourth-order valence-corrected chi connectivity index (χ4v) is 3.43. The molecule has 1 aliphatic heterocycles. The summed E-state index contributed by atoms with van der Waals surface area (Å²) in [5.74, 6) is 0.297. The molecule has 3 rings (SSSR count). The number of nitrogens with zero attached hydrogens (tertiary/aromatic N) is 2. The van der Waals surface area contributed by atoms with E-state index < -0.39 is 6.10 Å². The maximum atomic E-state index is 11.4. The number of hydrogen-bond acceptors (Lipinski definition) is 2. The fourth-order valence-electron chi connectivity index (χ4n) is 3.43. The molecule has 0 radical (unpaired) electrons. The van der Waals surface area contributed by atoms with Gasteiger partial charge in [0.05, 0.1) is 12.7 Å². The number of carbonyl (C=O) groups is 1. The first-order chi connectivity index (χ1) is 12.1. The Labute approximate surface area is 148 Å². The number of aliphatic hydroxyl groups is 1. The van der Waals surface area contributed by atoms with Crippen molar-refractivity contribution in [2.24, 2.45) is 5.92 Å². The first-order valence-corrected chi connectivity index (χ1v) is 8.60. The lowest BCUT2D eigenvalue weighted by molar-refractivity contribution is -0.130. The van der Waals surface area contributed by atoms with Crippen LogP contribution in [0.2, 0.25) is 0 Å². The molecule has 1 aliphatic rings. The van der Waals surface area contributed by atoms with E-state index in [9.17, 15) is 9.90 Å². The molecule has 1 N–H and O–H groups in total. The number of aliphatic hydroxyl groups excluding tert-OH is 1. The molecule has 1 fully saturated rings. The number of amides is 1. The summed E-state index contributed by atoms with van der Waals surface area (Å²) in [4.78, 5) is 16.7. The SMILES string of the molecule is [C-]#[N+]c1cccc(-c2ccc(C(O)C3CCN(C(C)=O)CC3)cc2)c1. The van der Waals surface area contributed by atoms with Gasteiger partial charge in [-0.2, -0.15) is 0 Å². The molecule has 1 heterocycles. The molecule has 1 unspecified atom stereocenters. The Bertz CT molecular complexity index is 784. The highest BCUT2D eigenvalue weighted by atomic mass is 16.3. The minimum Gasteiger partial charge on any atom is -0.388 e. The second kappa shape index (κ2) is 7.50. The largest absolute Gasteiger partial charge is 0.388 e. The molecule has 1 saturated heterocycles. The minimum absolute atomic E-state index is 0.110. The summed E-state index contributed by atoms with van der Waals surface area (Å²) in [6, 6.07) is 15.4. The van der Waals surface area contributed by atoms with Crippen LogP contribution in [0, 0.1) is 12.5 Å². The van der Waals surface area contributed by atoms with Gasteiger partial charge in [-0.15, -0.1) is 0 Å². The molecule has 4 nitrogen and oxygen atoms in total. The van der Waals surface area contributed by atoms with Crippen LogP contribution >= 0.6 is 0 Å². The highest BCUT2D eigenvalue weighted by Crippen LogP contribution is 2.32. The number of likely N-dealkylation sites (tertiary alicyclic amines) is 1. The van der Waals surface area contributed by atoms with Crippen molar-refractivity contribution in [2.45, 2.75) is 25.9 Å². The standard InChI is InChI=1S/C21H22N2O2/c1-15(24)23-12-10-18(11-13-23)21(25)17-8-6-16(7-9-17)19-4-3-5-20(14-19)22-2/h3-9,14,18,21,25H,10-13H2,1H3. The molecule has 2 aromatic carbocycles. The normalized spacial score (nSPS) is 16.3. The van der Waals surface area contributed by atoms with Crippen molar-refractivity contribution >= 4 is 11.6 Å². The highest BCUT2D eigenvalue weighted by molar-refractivity contribution is 5.73. The van der Waals surface area contributed by atoms with Gasteiger partial charge in [-0.25, -0.2) is 4.85 Å². The first kappa shape index (κ1) is 17.2. The molecule has 1 atom stereocenters. The molecule has 128 valence electrons. The van der Waals surface area contributed by atoms with Crippen LogP contribution in [-0.2, 0) is 4.79 Å². The molecule has 0 saturated carbocycles. The molecule has 2 aromatic rings. The van der Waals surface area contributed by atoms with E-state index in [1.54, 1.807) is 13.0 Å². The Morgan fingerprint density at radius 1 is 1.16 bits per heavy atom. The molecule has 0 spiro atoms. The molecular weight excluding hydrogens is 312 g/mol. The summed E-state index contributed by atoms with van der Waals surface area (Å²) in [5, 5.41) is 10.7. The zero-order valence-electron chi connectivity index (χ0n) is 14.4. The van der Waals surface area contributed by atoms with E-state index in [1.165, 1.54) is 0 Å². The van der Waals surface area contributed by atoms with Crippen LogP contribution in [0.5, 0.6) is 0 Å². The number of piperidine rings is 1. The zero-order chi connectivity index (χ0) is 17.8. The highest BCUT2D eigenvalue weighted by Gasteiger charge is 2.27. The third kappa shape index (κ3) is 3.89. The lowest BCUT2D eigenvalue weighted by atomic mass is 9.87. The Kier molecular flexibility index (Phi) is 5.16. The van der Waals surface area contributed by atoms with E-state index in [4.69, 9.17) is 6.57 Å². The maximum Gasteiger partial charge on any atom is 0.219 e. The third-order valence-corrected chi connectivity index (χ3v) is 4.99.